The number of aromatic nitrogens is 2. The van der Waals surface area contributed by atoms with Gasteiger partial charge in [0.15, 0.2) is 6.29 Å². The Bertz CT molecular complexity index is 263. The van der Waals surface area contributed by atoms with E-state index in [0.29, 0.717) is 13.2 Å². The maximum Gasteiger partial charge on any atom is 0.176 e. The van der Waals surface area contributed by atoms with Crippen molar-refractivity contribution in [1.29, 1.82) is 0 Å². The Morgan fingerprint density at radius 2 is 1.73 bits per heavy atom. The van der Waals surface area contributed by atoms with Gasteiger partial charge in [-0.25, -0.2) is 9.97 Å². The van der Waals surface area contributed by atoms with E-state index in [1.807, 2.05) is 13.8 Å². The molecule has 1 aromatic rings. The third-order valence-electron chi connectivity index (χ3n) is 1.92. The highest BCUT2D eigenvalue weighted by atomic mass is 16.7. The highest BCUT2D eigenvalue weighted by molar-refractivity contribution is 5.09. The maximum absolute atomic E-state index is 5.98. The summed E-state index contributed by atoms with van der Waals surface area (Å²) in [6, 6.07) is -0.355. The SMILES string of the molecule is CCOC(OCC)C(N)c1cncnc1. The molecule has 1 rings (SSSR count). The molecule has 0 bridgehead atoms. The summed E-state index contributed by atoms with van der Waals surface area (Å²) in [7, 11) is 0. The molecule has 84 valence electrons. The van der Waals surface area contributed by atoms with Crippen LogP contribution in [-0.2, 0) is 9.47 Å². The van der Waals surface area contributed by atoms with Crippen molar-refractivity contribution >= 4 is 0 Å². The first-order valence-corrected chi connectivity index (χ1v) is 5.03. The number of hydrogen-bond donors (Lipinski definition) is 1. The lowest BCUT2D eigenvalue weighted by molar-refractivity contribution is -0.149. The molecule has 5 nitrogen and oxygen atoms in total. The first kappa shape index (κ1) is 12.0. The number of rotatable bonds is 6. The standard InChI is InChI=1S/C10H17N3O2/c1-3-14-10(15-4-2)9(11)8-5-12-7-13-6-8/h5-7,9-10H,3-4,11H2,1-2H3. The Morgan fingerprint density at radius 3 is 2.20 bits per heavy atom. The summed E-state index contributed by atoms with van der Waals surface area (Å²) in [6.07, 6.45) is 4.36. The number of hydrogen-bond acceptors (Lipinski definition) is 5. The van der Waals surface area contributed by atoms with Crippen molar-refractivity contribution in [2.75, 3.05) is 13.2 Å². The summed E-state index contributed by atoms with van der Waals surface area (Å²) in [4.78, 5) is 7.81. The Labute approximate surface area is 89.6 Å². The molecule has 0 amide bonds. The zero-order chi connectivity index (χ0) is 11.1. The highest BCUT2D eigenvalue weighted by Crippen LogP contribution is 2.15. The van der Waals surface area contributed by atoms with Crippen LogP contribution >= 0.6 is 0 Å². The van der Waals surface area contributed by atoms with Gasteiger partial charge in [-0.3, -0.25) is 0 Å². The minimum Gasteiger partial charge on any atom is -0.351 e. The fourth-order valence-corrected chi connectivity index (χ4v) is 1.22. The summed E-state index contributed by atoms with van der Waals surface area (Å²) >= 11 is 0. The van der Waals surface area contributed by atoms with Crippen LogP contribution in [0.25, 0.3) is 0 Å². The van der Waals surface area contributed by atoms with Crippen molar-refractivity contribution in [2.24, 2.45) is 5.73 Å². The topological polar surface area (TPSA) is 70.3 Å². The number of nitrogens with zero attached hydrogens (tertiary/aromatic N) is 2. The highest BCUT2D eigenvalue weighted by Gasteiger charge is 2.20. The van der Waals surface area contributed by atoms with E-state index in [1.165, 1.54) is 6.33 Å². The second kappa shape index (κ2) is 6.44. The summed E-state index contributed by atoms with van der Waals surface area (Å²) in [5.74, 6) is 0. The number of ether oxygens (including phenoxy) is 2. The van der Waals surface area contributed by atoms with Crippen molar-refractivity contribution in [2.45, 2.75) is 26.2 Å². The molecule has 0 fully saturated rings. The Kier molecular flexibility index (Phi) is 5.17. The summed E-state index contributed by atoms with van der Waals surface area (Å²) in [6.45, 7) is 4.93. The molecule has 0 aromatic carbocycles. The van der Waals surface area contributed by atoms with Crippen LogP contribution in [0.3, 0.4) is 0 Å². The van der Waals surface area contributed by atoms with E-state index in [4.69, 9.17) is 15.2 Å². The van der Waals surface area contributed by atoms with Crippen molar-refractivity contribution in [3.05, 3.63) is 24.3 Å². The van der Waals surface area contributed by atoms with E-state index >= 15 is 0 Å². The molecule has 1 atom stereocenters. The molecule has 0 saturated carbocycles. The minimum absolute atomic E-state index is 0.355. The van der Waals surface area contributed by atoms with Crippen molar-refractivity contribution in [3.8, 4) is 0 Å². The van der Waals surface area contributed by atoms with Gasteiger partial charge in [0.05, 0.1) is 6.04 Å². The van der Waals surface area contributed by atoms with E-state index in [0.717, 1.165) is 5.56 Å². The molecular formula is C10H17N3O2. The lowest BCUT2D eigenvalue weighted by Crippen LogP contribution is -2.31. The summed E-state index contributed by atoms with van der Waals surface area (Å²) < 4.78 is 10.8. The van der Waals surface area contributed by atoms with Crippen LogP contribution in [0, 0.1) is 0 Å². The van der Waals surface area contributed by atoms with Crippen molar-refractivity contribution < 1.29 is 9.47 Å². The predicted octanol–water partition coefficient (Wildman–Crippen LogP) is 0.875. The van der Waals surface area contributed by atoms with Gasteiger partial charge in [0.2, 0.25) is 0 Å². The molecule has 0 spiro atoms. The van der Waals surface area contributed by atoms with E-state index in [9.17, 15) is 0 Å². The Balaban J connectivity index is 2.67. The normalized spacial score (nSPS) is 13.1. The molecule has 0 aliphatic heterocycles. The summed E-state index contributed by atoms with van der Waals surface area (Å²) in [5.41, 5.74) is 6.79. The van der Waals surface area contributed by atoms with Gasteiger partial charge in [-0.1, -0.05) is 0 Å². The van der Waals surface area contributed by atoms with E-state index < -0.39 is 6.29 Å². The molecule has 0 aliphatic rings. The molecule has 1 aromatic heterocycles. The van der Waals surface area contributed by atoms with Crippen LogP contribution in [0.4, 0.5) is 0 Å². The van der Waals surface area contributed by atoms with E-state index in [-0.39, 0.29) is 6.04 Å². The first-order valence-electron chi connectivity index (χ1n) is 5.03. The minimum atomic E-state index is -0.439. The molecule has 15 heavy (non-hydrogen) atoms. The monoisotopic (exact) mass is 211 g/mol. The molecule has 1 unspecified atom stereocenters. The maximum atomic E-state index is 5.98. The fraction of sp³-hybridized carbons (Fsp3) is 0.600. The molecule has 0 saturated heterocycles. The van der Waals surface area contributed by atoms with Crippen molar-refractivity contribution in [3.63, 3.8) is 0 Å². The lowest BCUT2D eigenvalue weighted by Gasteiger charge is -2.23. The van der Waals surface area contributed by atoms with Crippen LogP contribution in [0.2, 0.25) is 0 Å². The quantitative estimate of drug-likeness (QED) is 0.707. The average Bonchev–Trinajstić information content (AvgIpc) is 2.29. The van der Waals surface area contributed by atoms with Crippen LogP contribution < -0.4 is 5.73 Å². The Hall–Kier alpha value is -1.04. The van der Waals surface area contributed by atoms with Crippen LogP contribution in [0.1, 0.15) is 25.5 Å². The van der Waals surface area contributed by atoms with Gasteiger partial charge < -0.3 is 15.2 Å². The smallest absolute Gasteiger partial charge is 0.176 e. The second-order valence-corrected chi connectivity index (χ2v) is 2.98. The second-order valence-electron chi connectivity index (χ2n) is 2.98. The van der Waals surface area contributed by atoms with Gasteiger partial charge >= 0.3 is 0 Å². The van der Waals surface area contributed by atoms with Crippen LogP contribution in [-0.4, -0.2) is 29.5 Å². The molecule has 0 radical (unpaired) electrons. The zero-order valence-corrected chi connectivity index (χ0v) is 9.09. The first-order chi connectivity index (χ1) is 7.29. The predicted molar refractivity (Wildman–Crippen MR) is 56.0 cm³/mol. The third-order valence-corrected chi connectivity index (χ3v) is 1.92. The fourth-order valence-electron chi connectivity index (χ4n) is 1.22. The van der Waals surface area contributed by atoms with Gasteiger partial charge in [0.25, 0.3) is 0 Å². The third kappa shape index (κ3) is 3.54. The van der Waals surface area contributed by atoms with Gasteiger partial charge in [0.1, 0.15) is 6.33 Å². The Morgan fingerprint density at radius 1 is 1.20 bits per heavy atom. The largest absolute Gasteiger partial charge is 0.351 e. The lowest BCUT2D eigenvalue weighted by atomic mass is 10.1. The zero-order valence-electron chi connectivity index (χ0n) is 9.09. The van der Waals surface area contributed by atoms with E-state index in [1.54, 1.807) is 12.4 Å². The van der Waals surface area contributed by atoms with Crippen LogP contribution in [0.5, 0.6) is 0 Å². The van der Waals surface area contributed by atoms with Crippen molar-refractivity contribution in [1.82, 2.24) is 9.97 Å². The summed E-state index contributed by atoms with van der Waals surface area (Å²) in [5, 5.41) is 0. The number of nitrogens with two attached hydrogens (primary N) is 1. The molecule has 5 heteroatoms. The van der Waals surface area contributed by atoms with Gasteiger partial charge in [-0.05, 0) is 13.8 Å². The van der Waals surface area contributed by atoms with Crippen LogP contribution in [0.15, 0.2) is 18.7 Å². The van der Waals surface area contributed by atoms with Gasteiger partial charge in [0, 0.05) is 31.2 Å². The average molecular weight is 211 g/mol. The van der Waals surface area contributed by atoms with Gasteiger partial charge in [-0.2, -0.15) is 0 Å². The molecule has 0 aliphatic carbocycles. The molecular weight excluding hydrogens is 194 g/mol. The molecule has 2 N–H and O–H groups in total. The van der Waals surface area contributed by atoms with Gasteiger partial charge in [-0.15, -0.1) is 0 Å². The van der Waals surface area contributed by atoms with E-state index in [2.05, 4.69) is 9.97 Å². The molecule has 1 heterocycles.